The van der Waals surface area contributed by atoms with E-state index >= 15 is 0 Å². The van der Waals surface area contributed by atoms with Crippen LogP contribution in [0.15, 0.2) is 36.4 Å². The van der Waals surface area contributed by atoms with Crippen molar-refractivity contribution in [1.29, 1.82) is 0 Å². The third kappa shape index (κ3) is 6.88. The van der Waals surface area contributed by atoms with Gasteiger partial charge in [-0.1, -0.05) is 12.1 Å². The molecular formula is C17H16F3N3O3. The number of aryl methyl sites for hydroxylation is 1. The Labute approximate surface area is 147 Å². The molecule has 1 amide bonds. The number of ether oxygens (including phenoxy) is 1. The van der Waals surface area contributed by atoms with Gasteiger partial charge in [-0.15, -0.1) is 18.3 Å². The zero-order valence-electron chi connectivity index (χ0n) is 13.8. The van der Waals surface area contributed by atoms with Crippen molar-refractivity contribution in [1.82, 2.24) is 10.2 Å². The van der Waals surface area contributed by atoms with Gasteiger partial charge in [0.25, 0.3) is 0 Å². The minimum absolute atomic E-state index is 0.0425. The number of halogens is 3. The molecule has 1 N–H and O–H groups in total. The molecule has 0 radical (unpaired) electrons. The maximum Gasteiger partial charge on any atom is 0.573 e. The molecule has 2 aromatic rings. The molecule has 0 aliphatic carbocycles. The monoisotopic (exact) mass is 367 g/mol. The molecule has 0 saturated heterocycles. The Kier molecular flexibility index (Phi) is 6.26. The Bertz CT molecular complexity index is 777. The zero-order valence-corrected chi connectivity index (χ0v) is 13.8. The summed E-state index contributed by atoms with van der Waals surface area (Å²) in [4.78, 5) is 22.9. The number of Topliss-reactive ketones (excluding diaryl/α,β-unsaturated/α-hetero) is 1. The number of hydrogen-bond donors (Lipinski definition) is 1. The first-order chi connectivity index (χ1) is 12.2. The Hall–Kier alpha value is -2.97. The Morgan fingerprint density at radius 1 is 1.15 bits per heavy atom. The molecule has 1 heterocycles. The number of aromatic nitrogens is 2. The first kappa shape index (κ1) is 19.4. The van der Waals surface area contributed by atoms with Crippen molar-refractivity contribution in [2.75, 3.05) is 5.32 Å². The Balaban J connectivity index is 1.92. The minimum atomic E-state index is -4.79. The predicted octanol–water partition coefficient (Wildman–Crippen LogP) is 3.08. The number of alkyl halides is 3. The third-order valence-electron chi connectivity index (χ3n) is 3.22. The molecule has 0 saturated carbocycles. The lowest BCUT2D eigenvalue weighted by Crippen LogP contribution is -2.18. The number of ketones is 1. The van der Waals surface area contributed by atoms with Crippen molar-refractivity contribution < 1.29 is 27.5 Å². The normalized spacial score (nSPS) is 11.1. The number of nitrogens with one attached hydrogen (secondary N) is 1. The third-order valence-corrected chi connectivity index (χ3v) is 3.22. The molecule has 26 heavy (non-hydrogen) atoms. The standard InChI is InChI=1S/C17H16F3N3O3/c1-11(24)5-6-13-7-8-15(23-22-13)21-16(25)10-12-3-2-4-14(9-12)26-17(18,19)20/h2-4,7-9H,5-6,10H2,1H3,(H,21,23,25). The number of anilines is 1. The maximum absolute atomic E-state index is 12.2. The summed E-state index contributed by atoms with van der Waals surface area (Å²) in [5.41, 5.74) is 0.977. The van der Waals surface area contributed by atoms with Gasteiger partial charge in [-0.2, -0.15) is 5.10 Å². The highest BCUT2D eigenvalue weighted by Crippen LogP contribution is 2.23. The first-order valence-corrected chi connectivity index (χ1v) is 7.68. The van der Waals surface area contributed by atoms with Gasteiger partial charge in [0, 0.05) is 6.42 Å². The fraction of sp³-hybridized carbons (Fsp3) is 0.294. The van der Waals surface area contributed by atoms with Gasteiger partial charge in [0.05, 0.1) is 12.1 Å². The molecule has 0 unspecified atom stereocenters. The summed E-state index contributed by atoms with van der Waals surface area (Å²) in [6.07, 6.45) is -4.12. The van der Waals surface area contributed by atoms with Crippen LogP contribution in [0.3, 0.4) is 0 Å². The Morgan fingerprint density at radius 3 is 2.54 bits per heavy atom. The van der Waals surface area contributed by atoms with E-state index in [9.17, 15) is 22.8 Å². The topological polar surface area (TPSA) is 81.2 Å². The van der Waals surface area contributed by atoms with E-state index in [0.717, 1.165) is 12.1 Å². The summed E-state index contributed by atoms with van der Waals surface area (Å²) in [6, 6.07) is 8.36. The first-order valence-electron chi connectivity index (χ1n) is 7.68. The van der Waals surface area contributed by atoms with Crippen molar-refractivity contribution in [3.63, 3.8) is 0 Å². The number of carbonyl (C=O) groups is 2. The summed E-state index contributed by atoms with van der Waals surface area (Å²) in [6.45, 7) is 1.48. The van der Waals surface area contributed by atoms with Gasteiger partial charge in [0.2, 0.25) is 5.91 Å². The molecule has 0 bridgehead atoms. The van der Waals surface area contributed by atoms with E-state index < -0.39 is 18.0 Å². The molecule has 0 spiro atoms. The van der Waals surface area contributed by atoms with Crippen LogP contribution >= 0.6 is 0 Å². The number of rotatable bonds is 7. The number of nitrogens with zero attached hydrogens (tertiary/aromatic N) is 2. The van der Waals surface area contributed by atoms with Crippen LogP contribution in [0.25, 0.3) is 0 Å². The fourth-order valence-electron chi connectivity index (χ4n) is 2.09. The second-order valence-electron chi connectivity index (χ2n) is 5.53. The molecule has 9 heteroatoms. The quantitative estimate of drug-likeness (QED) is 0.813. The fourth-order valence-corrected chi connectivity index (χ4v) is 2.09. The highest BCUT2D eigenvalue weighted by Gasteiger charge is 2.31. The molecular weight excluding hydrogens is 351 g/mol. The average Bonchev–Trinajstić information content (AvgIpc) is 2.52. The van der Waals surface area contributed by atoms with Crippen molar-refractivity contribution in [2.24, 2.45) is 0 Å². The summed E-state index contributed by atoms with van der Waals surface area (Å²) in [7, 11) is 0. The van der Waals surface area contributed by atoms with E-state index in [1.807, 2.05) is 0 Å². The average molecular weight is 367 g/mol. The van der Waals surface area contributed by atoms with E-state index in [-0.39, 0.29) is 18.0 Å². The van der Waals surface area contributed by atoms with Crippen molar-refractivity contribution >= 4 is 17.5 Å². The predicted molar refractivity (Wildman–Crippen MR) is 86.5 cm³/mol. The van der Waals surface area contributed by atoms with Crippen LogP contribution < -0.4 is 10.1 Å². The molecule has 0 fully saturated rings. The molecule has 138 valence electrons. The molecule has 1 aromatic carbocycles. The minimum Gasteiger partial charge on any atom is -0.406 e. The van der Waals surface area contributed by atoms with Crippen LogP contribution in [0, 0.1) is 0 Å². The van der Waals surface area contributed by atoms with Crippen molar-refractivity contribution in [2.45, 2.75) is 32.5 Å². The van der Waals surface area contributed by atoms with E-state index in [1.54, 1.807) is 12.1 Å². The molecule has 0 aliphatic heterocycles. The molecule has 0 atom stereocenters. The van der Waals surface area contributed by atoms with E-state index in [4.69, 9.17) is 0 Å². The van der Waals surface area contributed by atoms with Gasteiger partial charge in [0.1, 0.15) is 11.5 Å². The lowest BCUT2D eigenvalue weighted by molar-refractivity contribution is -0.274. The highest BCUT2D eigenvalue weighted by molar-refractivity contribution is 5.91. The van der Waals surface area contributed by atoms with Gasteiger partial charge >= 0.3 is 6.36 Å². The van der Waals surface area contributed by atoms with Gasteiger partial charge in [-0.05, 0) is 43.2 Å². The largest absolute Gasteiger partial charge is 0.573 e. The van der Waals surface area contributed by atoms with Crippen LogP contribution in [-0.2, 0) is 22.4 Å². The highest BCUT2D eigenvalue weighted by atomic mass is 19.4. The zero-order chi connectivity index (χ0) is 19.2. The number of benzene rings is 1. The molecule has 6 nitrogen and oxygen atoms in total. The second kappa shape index (κ2) is 8.41. The summed E-state index contributed by atoms with van der Waals surface area (Å²) in [5, 5.41) is 10.2. The molecule has 2 rings (SSSR count). The number of hydrogen-bond acceptors (Lipinski definition) is 5. The molecule has 1 aromatic heterocycles. The number of carbonyl (C=O) groups excluding carboxylic acids is 2. The van der Waals surface area contributed by atoms with Crippen molar-refractivity contribution in [3.05, 3.63) is 47.7 Å². The van der Waals surface area contributed by atoms with Gasteiger partial charge in [-0.3, -0.25) is 4.79 Å². The smallest absolute Gasteiger partial charge is 0.406 e. The van der Waals surface area contributed by atoms with Crippen LogP contribution in [0.5, 0.6) is 5.75 Å². The molecule has 0 aliphatic rings. The lowest BCUT2D eigenvalue weighted by Gasteiger charge is -2.10. The SMILES string of the molecule is CC(=O)CCc1ccc(NC(=O)Cc2cccc(OC(F)(F)F)c2)nn1. The number of amides is 1. The van der Waals surface area contributed by atoms with Gasteiger partial charge in [-0.25, -0.2) is 0 Å². The van der Waals surface area contributed by atoms with E-state index in [1.165, 1.54) is 19.1 Å². The van der Waals surface area contributed by atoms with E-state index in [2.05, 4.69) is 20.3 Å². The van der Waals surface area contributed by atoms with Crippen LogP contribution in [0.2, 0.25) is 0 Å². The van der Waals surface area contributed by atoms with Crippen LogP contribution in [0.1, 0.15) is 24.6 Å². The summed E-state index contributed by atoms with van der Waals surface area (Å²) >= 11 is 0. The Morgan fingerprint density at radius 2 is 1.92 bits per heavy atom. The van der Waals surface area contributed by atoms with Crippen LogP contribution in [0.4, 0.5) is 19.0 Å². The summed E-state index contributed by atoms with van der Waals surface area (Å²) < 4.78 is 40.5. The lowest BCUT2D eigenvalue weighted by atomic mass is 10.1. The van der Waals surface area contributed by atoms with Gasteiger partial charge < -0.3 is 14.8 Å². The van der Waals surface area contributed by atoms with E-state index in [0.29, 0.717) is 24.1 Å². The van der Waals surface area contributed by atoms with Crippen LogP contribution in [-0.4, -0.2) is 28.3 Å². The second-order valence-corrected chi connectivity index (χ2v) is 5.53. The van der Waals surface area contributed by atoms with Crippen molar-refractivity contribution in [3.8, 4) is 5.75 Å². The van der Waals surface area contributed by atoms with Gasteiger partial charge in [0.15, 0.2) is 5.82 Å². The summed E-state index contributed by atoms with van der Waals surface area (Å²) in [5.74, 6) is -0.595. The maximum atomic E-state index is 12.2.